The summed E-state index contributed by atoms with van der Waals surface area (Å²) >= 11 is 1.42. The van der Waals surface area contributed by atoms with E-state index in [-0.39, 0.29) is 28.9 Å². The molecule has 3 aromatic carbocycles. The quantitative estimate of drug-likeness (QED) is 0.186. The first-order valence-corrected chi connectivity index (χ1v) is 13.9. The number of aromatic nitrogens is 1. The standard InChI is InChI=1S/C33H30F2N2O2S/c1-20-13-15-24(16-14-20)32-26(18-36(4)17-23-9-6-5-7-10-23)30-31(39)29(22(3)38)21(2)37(33(30)40-32)19-25-27(34)11-8-12-28(25)35/h5-16H,17-19H2,1-4H3. The molecular formula is C33H30F2N2O2S. The molecule has 0 aliphatic rings. The summed E-state index contributed by atoms with van der Waals surface area (Å²) < 4.78 is 31.3. The van der Waals surface area contributed by atoms with Crippen molar-refractivity contribution in [3.8, 4) is 10.4 Å². The van der Waals surface area contributed by atoms with E-state index in [0.717, 1.165) is 27.1 Å². The van der Waals surface area contributed by atoms with Gasteiger partial charge in [0.05, 0.1) is 17.5 Å². The van der Waals surface area contributed by atoms with Crippen LogP contribution < -0.4 is 5.43 Å². The molecule has 2 aromatic heterocycles. The van der Waals surface area contributed by atoms with E-state index in [2.05, 4.69) is 17.0 Å². The molecule has 0 radical (unpaired) electrons. The molecule has 204 valence electrons. The van der Waals surface area contributed by atoms with Gasteiger partial charge in [-0.2, -0.15) is 0 Å². The van der Waals surface area contributed by atoms with E-state index in [4.69, 9.17) is 0 Å². The predicted molar refractivity (Wildman–Crippen MR) is 158 cm³/mol. The molecule has 5 aromatic rings. The van der Waals surface area contributed by atoms with Gasteiger partial charge in [-0.1, -0.05) is 66.2 Å². The molecule has 0 aliphatic heterocycles. The fraction of sp³-hybridized carbons (Fsp3) is 0.212. The number of ketones is 1. The van der Waals surface area contributed by atoms with Crippen molar-refractivity contribution in [2.45, 2.75) is 40.4 Å². The van der Waals surface area contributed by atoms with Crippen LogP contribution in [-0.4, -0.2) is 22.3 Å². The second kappa shape index (κ2) is 11.3. The summed E-state index contributed by atoms with van der Waals surface area (Å²) in [5.41, 5.74) is 3.97. The number of thiophene rings is 1. The van der Waals surface area contributed by atoms with Crippen molar-refractivity contribution in [3.63, 3.8) is 0 Å². The highest BCUT2D eigenvalue weighted by atomic mass is 32.1. The van der Waals surface area contributed by atoms with E-state index in [1.54, 1.807) is 11.5 Å². The van der Waals surface area contributed by atoms with Gasteiger partial charge in [-0.3, -0.25) is 14.5 Å². The number of benzene rings is 3. The molecule has 0 aliphatic carbocycles. The van der Waals surface area contributed by atoms with Crippen LogP contribution in [0.25, 0.3) is 20.7 Å². The van der Waals surface area contributed by atoms with Crippen LogP contribution in [0.5, 0.6) is 0 Å². The smallest absolute Gasteiger partial charge is 0.201 e. The molecule has 5 rings (SSSR count). The minimum atomic E-state index is -0.672. The van der Waals surface area contributed by atoms with E-state index in [0.29, 0.717) is 29.0 Å². The van der Waals surface area contributed by atoms with Gasteiger partial charge < -0.3 is 4.57 Å². The number of hydrogen-bond acceptors (Lipinski definition) is 4. The third kappa shape index (κ3) is 5.27. The van der Waals surface area contributed by atoms with Gasteiger partial charge in [-0.15, -0.1) is 11.3 Å². The third-order valence-corrected chi connectivity index (χ3v) is 8.53. The van der Waals surface area contributed by atoms with Gasteiger partial charge in [0.2, 0.25) is 5.43 Å². The summed E-state index contributed by atoms with van der Waals surface area (Å²) in [6.07, 6.45) is 0. The lowest BCUT2D eigenvalue weighted by atomic mass is 10.0. The lowest BCUT2D eigenvalue weighted by Gasteiger charge is -2.19. The maximum Gasteiger partial charge on any atom is 0.201 e. The molecule has 0 amide bonds. The Bertz CT molecular complexity index is 1750. The van der Waals surface area contributed by atoms with Crippen molar-refractivity contribution >= 4 is 27.3 Å². The normalized spacial score (nSPS) is 11.5. The van der Waals surface area contributed by atoms with Crippen LogP contribution in [0.1, 0.15) is 45.2 Å². The molecule has 2 heterocycles. The Balaban J connectivity index is 1.77. The molecule has 40 heavy (non-hydrogen) atoms. The molecule has 0 unspecified atom stereocenters. The van der Waals surface area contributed by atoms with Gasteiger partial charge in [0.15, 0.2) is 5.78 Å². The van der Waals surface area contributed by atoms with Crippen LogP contribution in [0, 0.1) is 25.5 Å². The first-order valence-electron chi connectivity index (χ1n) is 13.1. The Morgan fingerprint density at radius 3 is 2.15 bits per heavy atom. The predicted octanol–water partition coefficient (Wildman–Crippen LogP) is 7.51. The summed E-state index contributed by atoms with van der Waals surface area (Å²) in [5.74, 6) is -1.72. The number of fused-ring (bicyclic) bond motifs is 1. The van der Waals surface area contributed by atoms with E-state index >= 15 is 0 Å². The second-order valence-corrected chi connectivity index (χ2v) is 11.2. The molecule has 0 saturated carbocycles. The highest BCUT2D eigenvalue weighted by molar-refractivity contribution is 7.22. The lowest BCUT2D eigenvalue weighted by Crippen LogP contribution is -2.23. The summed E-state index contributed by atoms with van der Waals surface area (Å²) in [5, 5.41) is 0.424. The van der Waals surface area contributed by atoms with Gasteiger partial charge >= 0.3 is 0 Å². The number of pyridine rings is 1. The van der Waals surface area contributed by atoms with Crippen molar-refractivity contribution in [3.05, 3.63) is 128 Å². The Morgan fingerprint density at radius 2 is 1.52 bits per heavy atom. The van der Waals surface area contributed by atoms with Crippen LogP contribution in [0.2, 0.25) is 0 Å². The number of Topliss-reactive ketones (excluding diaryl/α,β-unsaturated/α-hetero) is 1. The molecule has 0 fully saturated rings. The summed E-state index contributed by atoms with van der Waals surface area (Å²) in [6.45, 7) is 6.00. The molecular weight excluding hydrogens is 526 g/mol. The number of aryl methyl sites for hydroxylation is 1. The molecule has 0 saturated heterocycles. The van der Waals surface area contributed by atoms with Gasteiger partial charge in [0.25, 0.3) is 0 Å². The second-order valence-electron chi connectivity index (χ2n) is 10.2. The first-order chi connectivity index (χ1) is 19.2. The number of carbonyl (C=O) groups excluding carboxylic acids is 1. The minimum Gasteiger partial charge on any atom is -0.331 e. The number of hydrogen-bond donors (Lipinski definition) is 0. The number of rotatable bonds is 8. The lowest BCUT2D eigenvalue weighted by molar-refractivity contribution is 0.101. The van der Waals surface area contributed by atoms with E-state index < -0.39 is 11.6 Å². The van der Waals surface area contributed by atoms with Crippen molar-refractivity contribution in [2.24, 2.45) is 0 Å². The highest BCUT2D eigenvalue weighted by Gasteiger charge is 2.26. The zero-order chi connectivity index (χ0) is 28.6. The zero-order valence-corrected chi connectivity index (χ0v) is 23.7. The molecule has 7 heteroatoms. The molecule has 0 bridgehead atoms. The SMILES string of the molecule is CC(=O)c1c(C)n(Cc2c(F)cccc2F)c2sc(-c3ccc(C)cc3)c(CN(C)Cc3ccccc3)c2c1=O. The van der Waals surface area contributed by atoms with E-state index in [1.807, 2.05) is 56.4 Å². The Labute approximate surface area is 236 Å². The minimum absolute atomic E-state index is 0.0458. The van der Waals surface area contributed by atoms with Crippen molar-refractivity contribution < 1.29 is 13.6 Å². The maximum absolute atomic E-state index is 14.8. The van der Waals surface area contributed by atoms with Crippen LogP contribution in [-0.2, 0) is 19.6 Å². The van der Waals surface area contributed by atoms with Crippen molar-refractivity contribution in [1.29, 1.82) is 0 Å². The monoisotopic (exact) mass is 556 g/mol. The first kappa shape index (κ1) is 27.6. The summed E-state index contributed by atoms with van der Waals surface area (Å²) in [6, 6.07) is 21.9. The molecule has 0 spiro atoms. The fourth-order valence-corrected chi connectivity index (χ4v) is 6.58. The van der Waals surface area contributed by atoms with Crippen LogP contribution in [0.15, 0.2) is 77.6 Å². The maximum atomic E-state index is 14.8. The number of carbonyl (C=O) groups is 1. The molecule has 4 nitrogen and oxygen atoms in total. The van der Waals surface area contributed by atoms with Crippen molar-refractivity contribution in [2.75, 3.05) is 7.05 Å². The zero-order valence-electron chi connectivity index (χ0n) is 22.9. The average molecular weight is 557 g/mol. The third-order valence-electron chi connectivity index (χ3n) is 7.22. The Kier molecular flexibility index (Phi) is 7.79. The topological polar surface area (TPSA) is 42.3 Å². The summed E-state index contributed by atoms with van der Waals surface area (Å²) in [4.78, 5) is 30.4. The summed E-state index contributed by atoms with van der Waals surface area (Å²) in [7, 11) is 1.99. The van der Waals surface area contributed by atoms with Gasteiger partial charge in [0.1, 0.15) is 16.5 Å². The fourth-order valence-electron chi connectivity index (χ4n) is 5.21. The van der Waals surface area contributed by atoms with E-state index in [1.165, 1.54) is 36.5 Å². The van der Waals surface area contributed by atoms with Crippen LogP contribution in [0.3, 0.4) is 0 Å². The number of nitrogens with zero attached hydrogens (tertiary/aromatic N) is 2. The van der Waals surface area contributed by atoms with E-state index in [9.17, 15) is 18.4 Å². The number of halogens is 2. The largest absolute Gasteiger partial charge is 0.331 e. The molecule has 0 N–H and O–H groups in total. The molecule has 0 atom stereocenters. The highest BCUT2D eigenvalue weighted by Crippen LogP contribution is 2.39. The van der Waals surface area contributed by atoms with Gasteiger partial charge in [-0.25, -0.2) is 8.78 Å². The van der Waals surface area contributed by atoms with Crippen LogP contribution in [0.4, 0.5) is 8.78 Å². The Morgan fingerprint density at radius 1 is 0.875 bits per heavy atom. The van der Waals surface area contributed by atoms with Crippen molar-refractivity contribution in [1.82, 2.24) is 9.47 Å². The van der Waals surface area contributed by atoms with Gasteiger partial charge in [-0.05, 0) is 56.6 Å². The average Bonchev–Trinajstić information content (AvgIpc) is 3.28. The van der Waals surface area contributed by atoms with Gasteiger partial charge in [0, 0.05) is 29.2 Å². The Hall–Kier alpha value is -3.94. The van der Waals surface area contributed by atoms with Crippen LogP contribution >= 0.6 is 11.3 Å².